The molecule has 0 saturated carbocycles. The minimum absolute atomic E-state index is 0.0222. The van der Waals surface area contributed by atoms with E-state index in [0.29, 0.717) is 18.5 Å². The fourth-order valence-electron chi connectivity index (χ4n) is 3.15. The van der Waals surface area contributed by atoms with E-state index in [2.05, 4.69) is 37.0 Å². The van der Waals surface area contributed by atoms with Crippen LogP contribution in [0.2, 0.25) is 0 Å². The van der Waals surface area contributed by atoms with Crippen LogP contribution < -0.4 is 10.6 Å². The molecule has 0 spiro atoms. The van der Waals surface area contributed by atoms with Gasteiger partial charge >= 0.3 is 0 Å². The lowest BCUT2D eigenvalue weighted by Gasteiger charge is -2.39. The lowest BCUT2D eigenvalue weighted by molar-refractivity contribution is -0.128. The molecule has 2 unspecified atom stereocenters. The molecule has 0 aliphatic carbocycles. The van der Waals surface area contributed by atoms with E-state index in [1.807, 2.05) is 32.6 Å². The fourth-order valence-corrected chi connectivity index (χ4v) is 3.15. The smallest absolute Gasteiger partial charge is 0.227 e. The minimum Gasteiger partial charge on any atom is -0.359 e. The van der Waals surface area contributed by atoms with Gasteiger partial charge in [0.1, 0.15) is 0 Å². The summed E-state index contributed by atoms with van der Waals surface area (Å²) in [5.74, 6) is 1.47. The van der Waals surface area contributed by atoms with E-state index in [0.717, 1.165) is 25.5 Å². The van der Waals surface area contributed by atoms with Crippen LogP contribution in [0.25, 0.3) is 0 Å². The van der Waals surface area contributed by atoms with Crippen LogP contribution in [0.1, 0.15) is 33.2 Å². The van der Waals surface area contributed by atoms with Gasteiger partial charge in [-0.3, -0.25) is 9.79 Å². The molecule has 1 amide bonds. The van der Waals surface area contributed by atoms with Gasteiger partial charge in [0.05, 0.1) is 17.8 Å². The number of guanidine groups is 1. The van der Waals surface area contributed by atoms with Crippen molar-refractivity contribution in [1.29, 1.82) is 0 Å². The van der Waals surface area contributed by atoms with Crippen LogP contribution in [-0.4, -0.2) is 60.0 Å². The normalized spacial score (nSPS) is 22.4. The summed E-state index contributed by atoms with van der Waals surface area (Å²) in [6.07, 6.45) is 6.83. The lowest BCUT2D eigenvalue weighted by atomic mass is 9.92. The molecule has 2 atom stereocenters. The highest BCUT2D eigenvalue weighted by Crippen LogP contribution is 2.27. The van der Waals surface area contributed by atoms with Crippen molar-refractivity contribution in [3.05, 3.63) is 18.7 Å². The standard InChI is InChI=1S/C17H30N6O/c1-13-6-8-22(10-14(13)23-9-7-20-12-23)16(19-5)21-11-17(2,3)15(24)18-4/h7,9,12-14H,6,8,10-11H2,1-5H3,(H,18,24)(H,19,21). The molecule has 1 fully saturated rings. The van der Waals surface area contributed by atoms with Crippen LogP contribution >= 0.6 is 0 Å². The summed E-state index contributed by atoms with van der Waals surface area (Å²) in [6.45, 7) is 8.54. The Morgan fingerprint density at radius 3 is 2.79 bits per heavy atom. The molecule has 2 rings (SSSR count). The van der Waals surface area contributed by atoms with Crippen LogP contribution in [0.5, 0.6) is 0 Å². The third-order valence-electron chi connectivity index (χ3n) is 4.87. The topological polar surface area (TPSA) is 74.6 Å². The third-order valence-corrected chi connectivity index (χ3v) is 4.87. The van der Waals surface area contributed by atoms with Gasteiger partial charge in [0.2, 0.25) is 5.91 Å². The van der Waals surface area contributed by atoms with Gasteiger partial charge in [0.15, 0.2) is 5.96 Å². The molecular formula is C17H30N6O. The maximum atomic E-state index is 11.9. The fraction of sp³-hybridized carbons (Fsp3) is 0.706. The van der Waals surface area contributed by atoms with Crippen LogP contribution in [0.15, 0.2) is 23.7 Å². The van der Waals surface area contributed by atoms with Crippen molar-refractivity contribution in [3.63, 3.8) is 0 Å². The number of hydrogen-bond acceptors (Lipinski definition) is 3. The highest BCUT2D eigenvalue weighted by molar-refractivity contribution is 5.84. The lowest BCUT2D eigenvalue weighted by Crippen LogP contribution is -2.52. The highest BCUT2D eigenvalue weighted by Gasteiger charge is 2.31. The largest absolute Gasteiger partial charge is 0.359 e. The molecule has 0 bridgehead atoms. The Kier molecular flexibility index (Phi) is 5.85. The first-order valence-corrected chi connectivity index (χ1v) is 8.54. The summed E-state index contributed by atoms with van der Waals surface area (Å²) in [6, 6.07) is 0.381. The number of likely N-dealkylation sites (tertiary alicyclic amines) is 1. The Morgan fingerprint density at radius 2 is 2.21 bits per heavy atom. The Labute approximate surface area is 144 Å². The number of aliphatic imine (C=N–C) groups is 1. The quantitative estimate of drug-likeness (QED) is 0.639. The Bertz CT molecular complexity index is 566. The van der Waals surface area contributed by atoms with Gasteiger partial charge in [-0.15, -0.1) is 0 Å². The van der Waals surface area contributed by atoms with Crippen LogP contribution in [0.3, 0.4) is 0 Å². The van der Waals surface area contributed by atoms with E-state index in [4.69, 9.17) is 0 Å². The maximum absolute atomic E-state index is 11.9. The molecule has 7 nitrogen and oxygen atoms in total. The Balaban J connectivity index is 2.02. The average Bonchev–Trinajstić information content (AvgIpc) is 3.10. The second-order valence-corrected chi connectivity index (χ2v) is 7.15. The van der Waals surface area contributed by atoms with Crippen molar-refractivity contribution in [2.24, 2.45) is 16.3 Å². The van der Waals surface area contributed by atoms with Crippen LogP contribution in [0.4, 0.5) is 0 Å². The minimum atomic E-state index is -0.489. The van der Waals surface area contributed by atoms with Gasteiger partial charge in [0.25, 0.3) is 0 Å². The highest BCUT2D eigenvalue weighted by atomic mass is 16.2. The first-order valence-electron chi connectivity index (χ1n) is 8.54. The molecule has 1 aliphatic heterocycles. The van der Waals surface area contributed by atoms with E-state index < -0.39 is 5.41 Å². The predicted molar refractivity (Wildman–Crippen MR) is 95.8 cm³/mol. The maximum Gasteiger partial charge on any atom is 0.227 e. The summed E-state index contributed by atoms with van der Waals surface area (Å²) in [4.78, 5) is 22.8. The number of carbonyl (C=O) groups excluding carboxylic acids is 1. The summed E-state index contributed by atoms with van der Waals surface area (Å²) in [7, 11) is 3.46. The zero-order valence-corrected chi connectivity index (χ0v) is 15.4. The average molecular weight is 334 g/mol. The number of piperidine rings is 1. The van der Waals surface area contributed by atoms with Gasteiger partial charge in [-0.2, -0.15) is 0 Å². The molecular weight excluding hydrogens is 304 g/mol. The summed E-state index contributed by atoms with van der Waals surface area (Å²) in [5, 5.41) is 6.08. The molecule has 134 valence electrons. The van der Waals surface area contributed by atoms with Gasteiger partial charge in [-0.25, -0.2) is 4.98 Å². The van der Waals surface area contributed by atoms with Crippen LogP contribution in [0, 0.1) is 11.3 Å². The Hall–Kier alpha value is -2.05. The molecule has 1 aliphatic rings. The first kappa shape index (κ1) is 18.3. The number of carbonyl (C=O) groups is 1. The first-order chi connectivity index (χ1) is 11.4. The number of amides is 1. The van der Waals surface area contributed by atoms with Gasteiger partial charge in [-0.1, -0.05) is 6.92 Å². The van der Waals surface area contributed by atoms with E-state index in [1.165, 1.54) is 0 Å². The monoisotopic (exact) mass is 334 g/mol. The van der Waals surface area contributed by atoms with Gasteiger partial charge < -0.3 is 20.1 Å². The number of imidazole rings is 1. The summed E-state index contributed by atoms with van der Waals surface area (Å²) < 4.78 is 2.18. The molecule has 2 heterocycles. The molecule has 2 N–H and O–H groups in total. The van der Waals surface area contributed by atoms with Gasteiger partial charge in [-0.05, 0) is 26.2 Å². The Morgan fingerprint density at radius 1 is 1.46 bits per heavy atom. The second kappa shape index (κ2) is 7.68. The van der Waals surface area contributed by atoms with Crippen molar-refractivity contribution in [2.75, 3.05) is 33.7 Å². The molecule has 24 heavy (non-hydrogen) atoms. The zero-order chi connectivity index (χ0) is 17.7. The third kappa shape index (κ3) is 4.07. The molecule has 0 aromatic carbocycles. The van der Waals surface area contributed by atoms with Crippen molar-refractivity contribution >= 4 is 11.9 Å². The number of nitrogens with zero attached hydrogens (tertiary/aromatic N) is 4. The van der Waals surface area contributed by atoms with E-state index in [-0.39, 0.29) is 5.91 Å². The van der Waals surface area contributed by atoms with Crippen molar-refractivity contribution in [2.45, 2.75) is 33.2 Å². The number of nitrogens with one attached hydrogen (secondary N) is 2. The summed E-state index contributed by atoms with van der Waals surface area (Å²) in [5.41, 5.74) is -0.489. The van der Waals surface area contributed by atoms with Crippen LogP contribution in [-0.2, 0) is 4.79 Å². The molecule has 1 aromatic heterocycles. The van der Waals surface area contributed by atoms with E-state index in [9.17, 15) is 4.79 Å². The molecule has 1 aromatic rings. The van der Waals surface area contributed by atoms with E-state index >= 15 is 0 Å². The second-order valence-electron chi connectivity index (χ2n) is 7.15. The van der Waals surface area contributed by atoms with Crippen molar-refractivity contribution < 1.29 is 4.79 Å². The summed E-state index contributed by atoms with van der Waals surface area (Å²) >= 11 is 0. The molecule has 1 saturated heterocycles. The predicted octanol–water partition coefficient (Wildman–Crippen LogP) is 1.11. The van der Waals surface area contributed by atoms with Crippen molar-refractivity contribution in [3.8, 4) is 0 Å². The van der Waals surface area contributed by atoms with E-state index in [1.54, 1.807) is 14.1 Å². The van der Waals surface area contributed by atoms with Gasteiger partial charge in [0, 0.05) is 46.1 Å². The number of aromatic nitrogens is 2. The molecule has 7 heteroatoms. The number of rotatable bonds is 4. The molecule has 0 radical (unpaired) electrons. The van der Waals surface area contributed by atoms with Crippen molar-refractivity contribution in [1.82, 2.24) is 25.1 Å². The number of hydrogen-bond donors (Lipinski definition) is 2. The SMILES string of the molecule is CN=C(NCC(C)(C)C(=O)NC)N1CCC(C)C(n2ccnc2)C1. The zero-order valence-electron chi connectivity index (χ0n) is 15.4.